The highest BCUT2D eigenvalue weighted by molar-refractivity contribution is 6.03. The van der Waals surface area contributed by atoms with E-state index in [0.717, 1.165) is 22.6 Å². The molecule has 1 heterocycles. The van der Waals surface area contributed by atoms with Crippen LogP contribution in [-0.2, 0) is 4.79 Å². The minimum Gasteiger partial charge on any atom is -0.494 e. The van der Waals surface area contributed by atoms with Gasteiger partial charge in [0, 0.05) is 29.8 Å². The number of hydrogen-bond donors (Lipinski definition) is 2. The molecule has 0 aliphatic carbocycles. The molecule has 0 radical (unpaired) electrons. The van der Waals surface area contributed by atoms with Gasteiger partial charge in [0.1, 0.15) is 29.4 Å². The molecular formula is C27H27N5O3. The summed E-state index contributed by atoms with van der Waals surface area (Å²) in [4.78, 5) is 23.1. The Morgan fingerprint density at radius 1 is 1.00 bits per heavy atom. The molecule has 4 aromatic rings. The number of ether oxygens (including phenoxy) is 2. The molecule has 0 unspecified atom stereocenters. The Hall–Kier alpha value is -4.43. The van der Waals surface area contributed by atoms with Crippen molar-refractivity contribution < 1.29 is 14.3 Å². The van der Waals surface area contributed by atoms with E-state index in [2.05, 4.69) is 20.6 Å². The minimum atomic E-state index is -0.245. The Labute approximate surface area is 204 Å². The van der Waals surface area contributed by atoms with Crippen LogP contribution in [0.5, 0.6) is 17.2 Å². The molecule has 0 spiro atoms. The van der Waals surface area contributed by atoms with Crippen LogP contribution in [0.15, 0.2) is 85.2 Å². The van der Waals surface area contributed by atoms with Crippen LogP contribution in [0.2, 0.25) is 0 Å². The average molecular weight is 470 g/mol. The van der Waals surface area contributed by atoms with E-state index in [1.165, 1.54) is 12.4 Å². The molecule has 0 saturated carbocycles. The van der Waals surface area contributed by atoms with Gasteiger partial charge >= 0.3 is 0 Å². The SMILES string of the molecule is COc1cc2ncnc(Nc3ccc(Oc4ccccc4)cc3)c2cc1NC(=O)/C=C/CN(C)C. The number of fused-ring (bicyclic) bond motifs is 1. The number of anilines is 3. The number of likely N-dealkylation sites (N-methyl/N-ethyl adjacent to an activating group) is 1. The summed E-state index contributed by atoms with van der Waals surface area (Å²) < 4.78 is 11.3. The molecular weight excluding hydrogens is 442 g/mol. The monoisotopic (exact) mass is 469 g/mol. The Morgan fingerprint density at radius 3 is 2.46 bits per heavy atom. The van der Waals surface area contributed by atoms with Crippen LogP contribution >= 0.6 is 0 Å². The molecule has 3 aromatic carbocycles. The number of amides is 1. The third kappa shape index (κ3) is 6.33. The van der Waals surface area contributed by atoms with Gasteiger partial charge in [-0.15, -0.1) is 0 Å². The summed E-state index contributed by atoms with van der Waals surface area (Å²) in [5, 5.41) is 6.94. The molecule has 8 heteroatoms. The van der Waals surface area contributed by atoms with Crippen LogP contribution < -0.4 is 20.1 Å². The maximum atomic E-state index is 12.4. The Balaban J connectivity index is 1.55. The van der Waals surface area contributed by atoms with E-state index in [9.17, 15) is 4.79 Å². The van der Waals surface area contributed by atoms with Crippen molar-refractivity contribution in [3.63, 3.8) is 0 Å². The van der Waals surface area contributed by atoms with Crippen molar-refractivity contribution in [2.75, 3.05) is 38.4 Å². The van der Waals surface area contributed by atoms with Gasteiger partial charge in [-0.1, -0.05) is 24.3 Å². The zero-order chi connectivity index (χ0) is 24.6. The Bertz CT molecular complexity index is 1320. The van der Waals surface area contributed by atoms with Gasteiger partial charge in [0.2, 0.25) is 5.91 Å². The second-order valence-electron chi connectivity index (χ2n) is 8.01. The van der Waals surface area contributed by atoms with E-state index in [0.29, 0.717) is 29.3 Å². The fourth-order valence-electron chi connectivity index (χ4n) is 3.36. The predicted octanol–water partition coefficient (Wildman–Crippen LogP) is 5.23. The number of para-hydroxylation sites is 1. The van der Waals surface area contributed by atoms with Gasteiger partial charge in [-0.25, -0.2) is 9.97 Å². The summed E-state index contributed by atoms with van der Waals surface area (Å²) >= 11 is 0. The largest absolute Gasteiger partial charge is 0.494 e. The van der Waals surface area contributed by atoms with Crippen molar-refractivity contribution in [1.29, 1.82) is 0 Å². The topological polar surface area (TPSA) is 88.6 Å². The number of nitrogens with zero attached hydrogens (tertiary/aromatic N) is 3. The van der Waals surface area contributed by atoms with Crippen molar-refractivity contribution in [3.8, 4) is 17.2 Å². The lowest BCUT2D eigenvalue weighted by atomic mass is 10.1. The lowest BCUT2D eigenvalue weighted by molar-refractivity contribution is -0.111. The molecule has 4 rings (SSSR count). The van der Waals surface area contributed by atoms with Crippen molar-refractivity contribution in [3.05, 3.63) is 85.2 Å². The molecule has 0 aliphatic heterocycles. The first-order valence-corrected chi connectivity index (χ1v) is 11.1. The van der Waals surface area contributed by atoms with Gasteiger partial charge in [-0.05, 0) is 56.6 Å². The molecule has 0 fully saturated rings. The van der Waals surface area contributed by atoms with Crippen molar-refractivity contribution in [1.82, 2.24) is 14.9 Å². The fraction of sp³-hybridized carbons (Fsp3) is 0.148. The number of rotatable bonds is 9. The quantitative estimate of drug-likeness (QED) is 0.325. The molecule has 0 bridgehead atoms. The highest BCUT2D eigenvalue weighted by Gasteiger charge is 2.12. The first kappa shape index (κ1) is 23.7. The second-order valence-corrected chi connectivity index (χ2v) is 8.01. The van der Waals surface area contributed by atoms with Gasteiger partial charge in [0.05, 0.1) is 18.3 Å². The third-order valence-electron chi connectivity index (χ3n) is 5.05. The lowest BCUT2D eigenvalue weighted by Gasteiger charge is -2.13. The number of hydrogen-bond acceptors (Lipinski definition) is 7. The molecule has 8 nitrogen and oxygen atoms in total. The minimum absolute atomic E-state index is 0.245. The first-order chi connectivity index (χ1) is 17.0. The number of aromatic nitrogens is 2. The Kier molecular flexibility index (Phi) is 7.54. The second kappa shape index (κ2) is 11.1. The highest BCUT2D eigenvalue weighted by Crippen LogP contribution is 2.33. The molecule has 1 aromatic heterocycles. The number of benzene rings is 3. The summed E-state index contributed by atoms with van der Waals surface area (Å²) in [6.45, 7) is 0.666. The van der Waals surface area contributed by atoms with Crippen molar-refractivity contribution >= 4 is 34.0 Å². The van der Waals surface area contributed by atoms with Crippen LogP contribution in [0.4, 0.5) is 17.2 Å². The number of carbonyl (C=O) groups is 1. The van der Waals surface area contributed by atoms with E-state index in [4.69, 9.17) is 9.47 Å². The maximum absolute atomic E-state index is 12.4. The highest BCUT2D eigenvalue weighted by atomic mass is 16.5. The van der Waals surface area contributed by atoms with Crippen LogP contribution in [0.3, 0.4) is 0 Å². The Morgan fingerprint density at radius 2 is 1.74 bits per heavy atom. The number of methoxy groups -OCH3 is 1. The fourth-order valence-corrected chi connectivity index (χ4v) is 3.36. The van der Waals surface area contributed by atoms with Crippen molar-refractivity contribution in [2.45, 2.75) is 0 Å². The van der Waals surface area contributed by atoms with Gasteiger partial charge < -0.3 is 25.0 Å². The summed E-state index contributed by atoms with van der Waals surface area (Å²) in [6, 6.07) is 20.8. The summed E-state index contributed by atoms with van der Waals surface area (Å²) in [5.41, 5.74) is 2.05. The van der Waals surface area contributed by atoms with E-state index >= 15 is 0 Å². The first-order valence-electron chi connectivity index (χ1n) is 11.1. The molecule has 0 atom stereocenters. The van der Waals surface area contributed by atoms with Crippen LogP contribution in [0.1, 0.15) is 0 Å². The van der Waals surface area contributed by atoms with Crippen LogP contribution in [0.25, 0.3) is 10.9 Å². The van der Waals surface area contributed by atoms with Crippen LogP contribution in [0, 0.1) is 0 Å². The van der Waals surface area contributed by atoms with E-state index in [1.54, 1.807) is 25.3 Å². The van der Waals surface area contributed by atoms with Gasteiger partial charge in [-0.2, -0.15) is 0 Å². The molecule has 178 valence electrons. The van der Waals surface area contributed by atoms with Gasteiger partial charge in [-0.3, -0.25) is 4.79 Å². The average Bonchev–Trinajstić information content (AvgIpc) is 2.85. The van der Waals surface area contributed by atoms with Gasteiger partial charge in [0.25, 0.3) is 0 Å². The normalized spacial score (nSPS) is 11.1. The zero-order valence-electron chi connectivity index (χ0n) is 19.9. The third-order valence-corrected chi connectivity index (χ3v) is 5.05. The van der Waals surface area contributed by atoms with Crippen LogP contribution in [-0.4, -0.2) is 48.5 Å². The molecule has 2 N–H and O–H groups in total. The summed E-state index contributed by atoms with van der Waals surface area (Å²) in [6.07, 6.45) is 4.78. The number of carbonyl (C=O) groups excluding carboxylic acids is 1. The summed E-state index contributed by atoms with van der Waals surface area (Å²) in [5.74, 6) is 2.37. The maximum Gasteiger partial charge on any atom is 0.248 e. The zero-order valence-corrected chi connectivity index (χ0v) is 19.9. The van der Waals surface area contributed by atoms with E-state index in [1.807, 2.05) is 73.6 Å². The standard InChI is InChI=1S/C27H27N5O3/c1-32(2)15-7-10-26(33)31-24-16-22-23(17-25(24)34-3)28-18-29-27(22)30-19-11-13-21(14-12-19)35-20-8-5-4-6-9-20/h4-14,16-18H,15H2,1-3H3,(H,31,33)(H,28,29,30)/b10-7+. The van der Waals surface area contributed by atoms with E-state index in [-0.39, 0.29) is 5.91 Å². The molecule has 1 amide bonds. The summed E-state index contributed by atoms with van der Waals surface area (Å²) in [7, 11) is 5.43. The molecule has 0 aliphatic rings. The molecule has 35 heavy (non-hydrogen) atoms. The van der Waals surface area contributed by atoms with Gasteiger partial charge in [0.15, 0.2) is 0 Å². The van der Waals surface area contributed by atoms with E-state index < -0.39 is 0 Å². The lowest BCUT2D eigenvalue weighted by Crippen LogP contribution is -2.13. The van der Waals surface area contributed by atoms with Crippen molar-refractivity contribution in [2.24, 2.45) is 0 Å². The predicted molar refractivity (Wildman–Crippen MR) is 139 cm³/mol. The number of nitrogens with one attached hydrogen (secondary N) is 2. The smallest absolute Gasteiger partial charge is 0.248 e. The molecule has 0 saturated heterocycles.